The fourth-order valence-electron chi connectivity index (χ4n) is 2.84. The summed E-state index contributed by atoms with van der Waals surface area (Å²) in [5.41, 5.74) is 3.92. The summed E-state index contributed by atoms with van der Waals surface area (Å²) in [6.07, 6.45) is 1.61. The smallest absolute Gasteiger partial charge is 0.337 e. The molecule has 0 radical (unpaired) electrons. The van der Waals surface area contributed by atoms with Gasteiger partial charge in [-0.2, -0.15) is 0 Å². The van der Waals surface area contributed by atoms with Gasteiger partial charge in [0.2, 0.25) is 0 Å². The molecule has 134 valence electrons. The van der Waals surface area contributed by atoms with Crippen molar-refractivity contribution in [3.05, 3.63) is 77.4 Å². The molecule has 27 heavy (non-hydrogen) atoms. The number of methoxy groups -OCH3 is 1. The Bertz CT molecular complexity index is 1090. The van der Waals surface area contributed by atoms with Crippen LogP contribution in [0.3, 0.4) is 0 Å². The highest BCUT2D eigenvalue weighted by Gasteiger charge is 2.14. The third kappa shape index (κ3) is 3.72. The highest BCUT2D eigenvalue weighted by Crippen LogP contribution is 2.38. The van der Waals surface area contributed by atoms with Crippen molar-refractivity contribution in [2.24, 2.45) is 0 Å². The van der Waals surface area contributed by atoms with Gasteiger partial charge in [0.1, 0.15) is 16.2 Å². The number of ether oxygens (including phenoxy) is 1. The van der Waals surface area contributed by atoms with Crippen LogP contribution in [0.5, 0.6) is 0 Å². The maximum atomic E-state index is 11.7. The van der Waals surface area contributed by atoms with Gasteiger partial charge in [-0.25, -0.2) is 14.8 Å². The Kier molecular flexibility index (Phi) is 5.18. The van der Waals surface area contributed by atoms with Crippen LogP contribution in [0.4, 0.5) is 0 Å². The van der Waals surface area contributed by atoms with Gasteiger partial charge in [-0.15, -0.1) is 23.1 Å². The first-order chi connectivity index (χ1) is 13.3. The molecule has 4 nitrogen and oxygen atoms in total. The van der Waals surface area contributed by atoms with E-state index in [4.69, 9.17) is 4.74 Å². The first-order valence-electron chi connectivity index (χ1n) is 8.34. The molecular weight excluding hydrogens is 376 g/mol. The van der Waals surface area contributed by atoms with Crippen molar-refractivity contribution in [1.29, 1.82) is 0 Å². The van der Waals surface area contributed by atoms with Crippen LogP contribution in [-0.2, 0) is 10.5 Å². The minimum atomic E-state index is -0.324. The molecule has 4 aromatic rings. The number of esters is 1. The summed E-state index contributed by atoms with van der Waals surface area (Å²) in [6.45, 7) is 0. The number of fused-ring (bicyclic) bond motifs is 1. The molecular formula is C21H16N2O2S2. The SMILES string of the molecule is COC(=O)c1cccc(CSc2ncnc3scc(-c4ccccc4)c23)c1. The summed E-state index contributed by atoms with van der Waals surface area (Å²) < 4.78 is 4.80. The van der Waals surface area contributed by atoms with Gasteiger partial charge in [-0.05, 0) is 23.3 Å². The predicted octanol–water partition coefficient (Wildman–Crippen LogP) is 5.44. The Balaban J connectivity index is 1.65. The molecule has 6 heteroatoms. The number of benzene rings is 2. The van der Waals surface area contributed by atoms with E-state index >= 15 is 0 Å². The fraction of sp³-hybridized carbons (Fsp3) is 0.0952. The lowest BCUT2D eigenvalue weighted by Crippen LogP contribution is -2.01. The molecule has 2 aromatic heterocycles. The maximum absolute atomic E-state index is 11.7. The zero-order valence-electron chi connectivity index (χ0n) is 14.6. The number of thiophene rings is 1. The van der Waals surface area contributed by atoms with Crippen LogP contribution in [0.2, 0.25) is 0 Å². The van der Waals surface area contributed by atoms with Crippen molar-refractivity contribution in [2.75, 3.05) is 7.11 Å². The van der Waals surface area contributed by atoms with Crippen molar-refractivity contribution in [2.45, 2.75) is 10.8 Å². The molecule has 0 aliphatic carbocycles. The summed E-state index contributed by atoms with van der Waals surface area (Å²) in [5.74, 6) is 0.386. The number of carbonyl (C=O) groups is 1. The molecule has 4 rings (SSSR count). The molecule has 0 atom stereocenters. The maximum Gasteiger partial charge on any atom is 0.337 e. The normalized spacial score (nSPS) is 10.9. The standard InChI is InChI=1S/C21H16N2O2S2/c1-25-21(24)16-9-5-6-14(10-16)11-26-19-18-17(15-7-3-2-4-8-15)12-27-20(18)23-13-22-19/h2-10,12-13H,11H2,1H3. The lowest BCUT2D eigenvalue weighted by molar-refractivity contribution is 0.0600. The molecule has 0 amide bonds. The lowest BCUT2D eigenvalue weighted by Gasteiger charge is -2.06. The largest absolute Gasteiger partial charge is 0.465 e. The second-order valence-electron chi connectivity index (χ2n) is 5.86. The van der Waals surface area contributed by atoms with Crippen LogP contribution in [0.25, 0.3) is 21.3 Å². The third-order valence-corrected chi connectivity index (χ3v) is 6.09. The second-order valence-corrected chi connectivity index (χ2v) is 7.68. The van der Waals surface area contributed by atoms with Gasteiger partial charge in [0.15, 0.2) is 0 Å². The number of hydrogen-bond acceptors (Lipinski definition) is 6. The highest BCUT2D eigenvalue weighted by molar-refractivity contribution is 7.98. The number of aromatic nitrogens is 2. The van der Waals surface area contributed by atoms with Gasteiger partial charge in [0, 0.05) is 16.7 Å². The second kappa shape index (κ2) is 7.90. The van der Waals surface area contributed by atoms with Crippen LogP contribution in [0, 0.1) is 0 Å². The van der Waals surface area contributed by atoms with Crippen LogP contribution in [-0.4, -0.2) is 23.0 Å². The monoisotopic (exact) mass is 392 g/mol. The first kappa shape index (κ1) is 17.7. The fourth-order valence-corrected chi connectivity index (χ4v) is 4.78. The highest BCUT2D eigenvalue weighted by atomic mass is 32.2. The Morgan fingerprint density at radius 1 is 1.11 bits per heavy atom. The van der Waals surface area contributed by atoms with Gasteiger partial charge >= 0.3 is 5.97 Å². The number of thioether (sulfide) groups is 1. The average molecular weight is 393 g/mol. The quantitative estimate of drug-likeness (QED) is 0.257. The van der Waals surface area contributed by atoms with Crippen LogP contribution in [0.15, 0.2) is 71.3 Å². The average Bonchev–Trinajstić information content (AvgIpc) is 3.17. The molecule has 0 aliphatic rings. The Morgan fingerprint density at radius 2 is 1.96 bits per heavy atom. The van der Waals surface area contributed by atoms with E-state index in [0.29, 0.717) is 11.3 Å². The van der Waals surface area contributed by atoms with E-state index in [1.807, 2.05) is 36.4 Å². The van der Waals surface area contributed by atoms with Crippen molar-refractivity contribution < 1.29 is 9.53 Å². The van der Waals surface area contributed by atoms with Crippen molar-refractivity contribution >= 4 is 39.3 Å². The van der Waals surface area contributed by atoms with E-state index in [-0.39, 0.29) is 5.97 Å². The summed E-state index contributed by atoms with van der Waals surface area (Å²) in [6, 6.07) is 17.8. The van der Waals surface area contributed by atoms with E-state index in [1.165, 1.54) is 7.11 Å². The third-order valence-electron chi connectivity index (χ3n) is 4.14. The van der Waals surface area contributed by atoms with Gasteiger partial charge < -0.3 is 4.74 Å². The van der Waals surface area contributed by atoms with E-state index in [0.717, 1.165) is 31.9 Å². The Morgan fingerprint density at radius 3 is 2.78 bits per heavy atom. The van der Waals surface area contributed by atoms with Gasteiger partial charge in [-0.1, -0.05) is 42.5 Å². The first-order valence-corrected chi connectivity index (χ1v) is 10.2. The number of carbonyl (C=O) groups excluding carboxylic acids is 1. The Labute approximate surface area is 165 Å². The molecule has 2 heterocycles. The van der Waals surface area contributed by atoms with Crippen molar-refractivity contribution in [3.8, 4) is 11.1 Å². The van der Waals surface area contributed by atoms with Crippen molar-refractivity contribution in [3.63, 3.8) is 0 Å². The van der Waals surface area contributed by atoms with Gasteiger partial charge in [0.05, 0.1) is 18.1 Å². The zero-order chi connectivity index (χ0) is 18.6. The molecule has 0 aliphatic heterocycles. The van der Waals surface area contributed by atoms with Gasteiger partial charge in [0.25, 0.3) is 0 Å². The molecule has 0 saturated carbocycles. The molecule has 0 bridgehead atoms. The summed E-state index contributed by atoms with van der Waals surface area (Å²) in [5, 5.41) is 4.17. The summed E-state index contributed by atoms with van der Waals surface area (Å²) in [7, 11) is 1.39. The van der Waals surface area contributed by atoms with Crippen LogP contribution >= 0.6 is 23.1 Å². The molecule has 0 saturated heterocycles. The van der Waals surface area contributed by atoms with E-state index < -0.39 is 0 Å². The molecule has 0 fully saturated rings. The van der Waals surface area contributed by atoms with E-state index in [9.17, 15) is 4.79 Å². The molecule has 0 spiro atoms. The van der Waals surface area contributed by atoms with Crippen LogP contribution in [0.1, 0.15) is 15.9 Å². The minimum Gasteiger partial charge on any atom is -0.465 e. The van der Waals surface area contributed by atoms with E-state index in [2.05, 4.69) is 27.5 Å². The van der Waals surface area contributed by atoms with Crippen molar-refractivity contribution in [1.82, 2.24) is 9.97 Å². The summed E-state index contributed by atoms with van der Waals surface area (Å²) in [4.78, 5) is 21.7. The minimum absolute atomic E-state index is 0.324. The number of nitrogens with zero attached hydrogens (tertiary/aromatic N) is 2. The van der Waals surface area contributed by atoms with Gasteiger partial charge in [-0.3, -0.25) is 0 Å². The number of rotatable bonds is 5. The van der Waals surface area contributed by atoms with E-state index in [1.54, 1.807) is 35.5 Å². The lowest BCUT2D eigenvalue weighted by atomic mass is 10.1. The topological polar surface area (TPSA) is 52.1 Å². The zero-order valence-corrected chi connectivity index (χ0v) is 16.2. The Hall–Kier alpha value is -2.70. The molecule has 0 N–H and O–H groups in total. The predicted molar refractivity (Wildman–Crippen MR) is 110 cm³/mol. The van der Waals surface area contributed by atoms with Crippen LogP contribution < -0.4 is 0 Å². The summed E-state index contributed by atoms with van der Waals surface area (Å²) >= 11 is 3.28. The number of hydrogen-bond donors (Lipinski definition) is 0. The molecule has 2 aromatic carbocycles. The molecule has 0 unspecified atom stereocenters.